The summed E-state index contributed by atoms with van der Waals surface area (Å²) in [4.78, 5) is 12.1. The predicted octanol–water partition coefficient (Wildman–Crippen LogP) is 3.39. The quantitative estimate of drug-likeness (QED) is 0.904. The summed E-state index contributed by atoms with van der Waals surface area (Å²) in [6.07, 6.45) is -2.72. The van der Waals surface area contributed by atoms with E-state index in [-0.39, 0.29) is 16.0 Å². The van der Waals surface area contributed by atoms with Crippen LogP contribution in [0.4, 0.5) is 14.6 Å². The van der Waals surface area contributed by atoms with Crippen molar-refractivity contribution in [3.8, 4) is 0 Å². The van der Waals surface area contributed by atoms with Crippen molar-refractivity contribution < 1.29 is 18.1 Å². The number of rotatable bonds is 4. The Bertz CT molecular complexity index is 668. The minimum absolute atomic E-state index is 0.203. The molecule has 0 aliphatic heterocycles. The van der Waals surface area contributed by atoms with Crippen molar-refractivity contribution in [1.29, 1.82) is 0 Å². The third kappa shape index (κ3) is 3.12. The van der Waals surface area contributed by atoms with E-state index in [9.17, 15) is 13.6 Å². The fourth-order valence-electron chi connectivity index (χ4n) is 1.80. The zero-order valence-electron chi connectivity index (χ0n) is 11.5. The maximum Gasteiger partial charge on any atom is 0.283 e. The van der Waals surface area contributed by atoms with E-state index in [1.165, 1.54) is 4.68 Å². The van der Waals surface area contributed by atoms with E-state index >= 15 is 0 Å². The van der Waals surface area contributed by atoms with Crippen LogP contribution in [0.15, 0.2) is 15.1 Å². The topological polar surface area (TPSA) is 73.0 Å². The number of halogens is 3. The predicted molar refractivity (Wildman–Crippen MR) is 74.2 cm³/mol. The SMILES string of the molecule is Cc1cc(NC(=O)[C@H](C)n2nc(C(F)F)c(Br)c2C)no1. The first-order chi connectivity index (χ1) is 9.81. The summed E-state index contributed by atoms with van der Waals surface area (Å²) >= 11 is 3.07. The number of amides is 1. The molecule has 1 atom stereocenters. The molecule has 2 aromatic heterocycles. The lowest BCUT2D eigenvalue weighted by atomic mass is 10.3. The molecule has 0 aliphatic carbocycles. The van der Waals surface area contributed by atoms with Gasteiger partial charge in [0.05, 0.1) is 10.2 Å². The van der Waals surface area contributed by atoms with Gasteiger partial charge < -0.3 is 9.84 Å². The first kappa shape index (κ1) is 15.6. The van der Waals surface area contributed by atoms with E-state index in [2.05, 4.69) is 31.5 Å². The molecule has 0 saturated heterocycles. The highest BCUT2D eigenvalue weighted by molar-refractivity contribution is 9.10. The average Bonchev–Trinajstić information content (AvgIpc) is 2.94. The molecule has 0 bridgehead atoms. The summed E-state index contributed by atoms with van der Waals surface area (Å²) in [5.41, 5.74) is 0.0636. The van der Waals surface area contributed by atoms with Crippen molar-refractivity contribution in [3.05, 3.63) is 27.7 Å². The van der Waals surface area contributed by atoms with Crippen LogP contribution < -0.4 is 5.32 Å². The molecule has 0 fully saturated rings. The molecule has 0 spiro atoms. The number of nitrogens with one attached hydrogen (secondary N) is 1. The van der Waals surface area contributed by atoms with E-state index in [1.54, 1.807) is 26.8 Å². The molecule has 2 heterocycles. The average molecular weight is 363 g/mol. The lowest BCUT2D eigenvalue weighted by molar-refractivity contribution is -0.119. The Balaban J connectivity index is 2.21. The smallest absolute Gasteiger partial charge is 0.283 e. The fraction of sp³-hybridized carbons (Fsp3) is 0.417. The summed E-state index contributed by atoms with van der Waals surface area (Å²) in [6, 6.07) is 0.784. The normalized spacial score (nSPS) is 12.7. The van der Waals surface area contributed by atoms with Crippen molar-refractivity contribution in [1.82, 2.24) is 14.9 Å². The molecule has 9 heteroatoms. The van der Waals surface area contributed by atoms with Gasteiger partial charge in [-0.15, -0.1) is 0 Å². The molecule has 1 amide bonds. The summed E-state index contributed by atoms with van der Waals surface area (Å²) < 4.78 is 31.9. The van der Waals surface area contributed by atoms with Gasteiger partial charge in [0.25, 0.3) is 6.43 Å². The molecule has 0 unspecified atom stereocenters. The largest absolute Gasteiger partial charge is 0.360 e. The number of carbonyl (C=O) groups excluding carboxylic acids is 1. The Hall–Kier alpha value is -1.77. The number of aromatic nitrogens is 3. The van der Waals surface area contributed by atoms with Crippen LogP contribution in [0.1, 0.15) is 36.5 Å². The van der Waals surface area contributed by atoms with Crippen molar-refractivity contribution in [2.75, 3.05) is 5.32 Å². The number of hydrogen-bond acceptors (Lipinski definition) is 4. The molecular formula is C12H13BrF2N4O2. The lowest BCUT2D eigenvalue weighted by Crippen LogP contribution is -2.25. The Morgan fingerprint density at radius 3 is 2.62 bits per heavy atom. The molecular weight excluding hydrogens is 350 g/mol. The van der Waals surface area contributed by atoms with Gasteiger partial charge in [-0.1, -0.05) is 5.16 Å². The summed E-state index contributed by atoms with van der Waals surface area (Å²) in [7, 11) is 0. The van der Waals surface area contributed by atoms with Crippen LogP contribution in [0.3, 0.4) is 0 Å². The van der Waals surface area contributed by atoms with Gasteiger partial charge >= 0.3 is 0 Å². The molecule has 0 saturated carbocycles. The van der Waals surface area contributed by atoms with Crippen LogP contribution in [-0.4, -0.2) is 20.8 Å². The zero-order chi connectivity index (χ0) is 15.7. The van der Waals surface area contributed by atoms with E-state index in [0.29, 0.717) is 11.5 Å². The molecule has 2 aromatic rings. The molecule has 114 valence electrons. The van der Waals surface area contributed by atoms with Crippen molar-refractivity contribution >= 4 is 27.7 Å². The number of hydrogen-bond donors (Lipinski definition) is 1. The molecule has 1 N–H and O–H groups in total. The van der Waals surface area contributed by atoms with Gasteiger partial charge in [0.2, 0.25) is 5.91 Å². The van der Waals surface area contributed by atoms with E-state index in [4.69, 9.17) is 4.52 Å². The molecule has 2 rings (SSSR count). The van der Waals surface area contributed by atoms with Crippen LogP contribution in [0.25, 0.3) is 0 Å². The lowest BCUT2D eigenvalue weighted by Gasteiger charge is -2.13. The second-order valence-corrected chi connectivity index (χ2v) is 5.31. The van der Waals surface area contributed by atoms with Crippen molar-refractivity contribution in [3.63, 3.8) is 0 Å². The third-order valence-electron chi connectivity index (χ3n) is 2.93. The summed E-state index contributed by atoms with van der Waals surface area (Å²) in [6.45, 7) is 4.85. The van der Waals surface area contributed by atoms with Gasteiger partial charge in [0.1, 0.15) is 17.5 Å². The van der Waals surface area contributed by atoms with Gasteiger partial charge in [0.15, 0.2) is 5.82 Å². The van der Waals surface area contributed by atoms with Crippen LogP contribution in [0, 0.1) is 13.8 Å². The number of alkyl halides is 2. The van der Waals surface area contributed by atoms with E-state index in [1.807, 2.05) is 0 Å². The van der Waals surface area contributed by atoms with Crippen LogP contribution >= 0.6 is 15.9 Å². The number of anilines is 1. The van der Waals surface area contributed by atoms with Crippen LogP contribution in [-0.2, 0) is 4.79 Å². The van der Waals surface area contributed by atoms with E-state index in [0.717, 1.165) is 0 Å². The maximum absolute atomic E-state index is 12.8. The van der Waals surface area contributed by atoms with Gasteiger partial charge in [-0.2, -0.15) is 5.10 Å². The second-order valence-electron chi connectivity index (χ2n) is 4.52. The van der Waals surface area contributed by atoms with Crippen LogP contribution in [0.2, 0.25) is 0 Å². The Kier molecular flexibility index (Phi) is 4.40. The van der Waals surface area contributed by atoms with Gasteiger partial charge in [-0.3, -0.25) is 9.48 Å². The molecule has 6 nitrogen and oxygen atoms in total. The number of nitrogens with zero attached hydrogens (tertiary/aromatic N) is 3. The Labute approximate surface area is 127 Å². The van der Waals surface area contributed by atoms with Gasteiger partial charge in [0, 0.05) is 6.07 Å². The summed E-state index contributed by atoms with van der Waals surface area (Å²) in [5, 5.41) is 9.97. The molecule has 0 radical (unpaired) electrons. The second kappa shape index (κ2) is 5.92. The maximum atomic E-state index is 12.8. The number of carbonyl (C=O) groups is 1. The highest BCUT2D eigenvalue weighted by atomic mass is 79.9. The highest BCUT2D eigenvalue weighted by Crippen LogP contribution is 2.30. The highest BCUT2D eigenvalue weighted by Gasteiger charge is 2.25. The van der Waals surface area contributed by atoms with Crippen molar-refractivity contribution in [2.24, 2.45) is 0 Å². The summed E-state index contributed by atoms with van der Waals surface area (Å²) in [5.74, 6) is 0.389. The molecule has 0 aromatic carbocycles. The Morgan fingerprint density at radius 2 is 2.14 bits per heavy atom. The standard InChI is InChI=1S/C12H13BrF2N4O2/c1-5-4-8(18-21-5)16-12(20)7(3)19-6(2)9(13)10(17-19)11(14)15/h4,7,11H,1-3H3,(H,16,18,20)/t7-/m0/s1. The van der Waals surface area contributed by atoms with E-state index < -0.39 is 18.4 Å². The van der Waals surface area contributed by atoms with Gasteiger partial charge in [-0.05, 0) is 36.7 Å². The molecule has 0 aliphatic rings. The zero-order valence-corrected chi connectivity index (χ0v) is 13.1. The fourth-order valence-corrected chi connectivity index (χ4v) is 2.24. The molecule has 21 heavy (non-hydrogen) atoms. The minimum atomic E-state index is -2.72. The first-order valence-corrected chi connectivity index (χ1v) is 6.87. The van der Waals surface area contributed by atoms with Crippen molar-refractivity contribution in [2.45, 2.75) is 33.2 Å². The third-order valence-corrected chi connectivity index (χ3v) is 3.91. The Morgan fingerprint density at radius 1 is 1.48 bits per heavy atom. The van der Waals surface area contributed by atoms with Crippen LogP contribution in [0.5, 0.6) is 0 Å². The number of aryl methyl sites for hydroxylation is 1. The first-order valence-electron chi connectivity index (χ1n) is 6.08. The van der Waals surface area contributed by atoms with Gasteiger partial charge in [-0.25, -0.2) is 8.78 Å². The monoisotopic (exact) mass is 362 g/mol. The minimum Gasteiger partial charge on any atom is -0.360 e.